The molecule has 1 saturated carbocycles. The molecule has 0 saturated heterocycles. The molecule has 36 heavy (non-hydrogen) atoms. The number of alkyl halides is 3. The standard InChI is InChI=1S/C24H22F3N3O6/c1-11-8-18(32)23(2)15(20(11)33)10-16-13(6-7-29-21(34)28(3)22(35)30(16)29)19(23)14-9-12(4-5-17(14)31)36-24(25,26)27/h4-6,8-9,15-16,19,31H,7,10H2,1-3H3/t15-,16+,19+,23-/m0/s1. The van der Waals surface area contributed by atoms with E-state index in [0.29, 0.717) is 5.57 Å². The summed E-state index contributed by atoms with van der Waals surface area (Å²) in [6, 6.07) is 2.14. The molecule has 4 atom stereocenters. The van der Waals surface area contributed by atoms with Crippen molar-refractivity contribution in [1.29, 1.82) is 0 Å². The highest BCUT2D eigenvalue weighted by molar-refractivity contribution is 6.13. The van der Waals surface area contributed by atoms with Crippen LogP contribution >= 0.6 is 0 Å². The third-order valence-corrected chi connectivity index (χ3v) is 7.67. The Morgan fingerprint density at radius 3 is 2.50 bits per heavy atom. The third kappa shape index (κ3) is 3.23. The van der Waals surface area contributed by atoms with E-state index in [4.69, 9.17) is 0 Å². The number of hydrogen-bond acceptors (Lipinski definition) is 6. The van der Waals surface area contributed by atoms with E-state index in [1.165, 1.54) is 29.4 Å². The minimum atomic E-state index is -5.00. The summed E-state index contributed by atoms with van der Waals surface area (Å²) in [4.78, 5) is 52.4. The predicted octanol–water partition coefficient (Wildman–Crippen LogP) is 2.34. The van der Waals surface area contributed by atoms with Crippen molar-refractivity contribution in [3.63, 3.8) is 0 Å². The van der Waals surface area contributed by atoms with Gasteiger partial charge in [-0.2, -0.15) is 0 Å². The summed E-state index contributed by atoms with van der Waals surface area (Å²) in [5.74, 6) is -3.79. The van der Waals surface area contributed by atoms with Crippen molar-refractivity contribution in [2.75, 3.05) is 0 Å². The summed E-state index contributed by atoms with van der Waals surface area (Å²) in [5, 5.41) is 10.8. The average molecular weight is 505 g/mol. The van der Waals surface area contributed by atoms with E-state index < -0.39 is 58.3 Å². The summed E-state index contributed by atoms with van der Waals surface area (Å²) in [6.07, 6.45) is -2.12. The number of fused-ring (bicyclic) bond motifs is 4. The molecule has 1 fully saturated rings. The van der Waals surface area contributed by atoms with Crippen LogP contribution in [0.25, 0.3) is 0 Å². The topological polar surface area (TPSA) is 113 Å². The molecule has 0 amide bonds. The first kappa shape index (κ1) is 23.9. The molecule has 190 valence electrons. The lowest BCUT2D eigenvalue weighted by Gasteiger charge is -2.52. The predicted molar refractivity (Wildman–Crippen MR) is 119 cm³/mol. The van der Waals surface area contributed by atoms with Crippen molar-refractivity contribution in [3.8, 4) is 11.5 Å². The number of halogens is 3. The van der Waals surface area contributed by atoms with Crippen molar-refractivity contribution in [2.45, 2.75) is 45.1 Å². The monoisotopic (exact) mass is 505 g/mol. The van der Waals surface area contributed by atoms with Crippen LogP contribution in [0.4, 0.5) is 13.2 Å². The number of benzene rings is 1. The second-order valence-corrected chi connectivity index (χ2v) is 9.60. The Balaban J connectivity index is 1.78. The number of phenolic OH excluding ortho intramolecular Hbond substituents is 1. The highest BCUT2D eigenvalue weighted by atomic mass is 19.4. The molecule has 2 aromatic rings. The molecule has 12 heteroatoms. The second kappa shape index (κ2) is 7.58. The lowest BCUT2D eigenvalue weighted by molar-refractivity contribution is -0.274. The van der Waals surface area contributed by atoms with Crippen molar-refractivity contribution < 1.29 is 32.6 Å². The van der Waals surface area contributed by atoms with Crippen LogP contribution in [0, 0.1) is 11.3 Å². The van der Waals surface area contributed by atoms with Crippen molar-refractivity contribution in [2.24, 2.45) is 18.4 Å². The number of ether oxygens (including phenoxy) is 1. The number of aromatic nitrogens is 3. The number of allylic oxidation sites excluding steroid dienone is 4. The van der Waals surface area contributed by atoms with Crippen LogP contribution in [0.5, 0.6) is 11.5 Å². The molecular formula is C24H22F3N3O6. The van der Waals surface area contributed by atoms with Gasteiger partial charge < -0.3 is 9.84 Å². The molecule has 1 aliphatic heterocycles. The van der Waals surface area contributed by atoms with Crippen LogP contribution in [0.1, 0.15) is 37.8 Å². The van der Waals surface area contributed by atoms with Crippen molar-refractivity contribution in [3.05, 3.63) is 68.0 Å². The molecular weight excluding hydrogens is 483 g/mol. The summed E-state index contributed by atoms with van der Waals surface area (Å²) in [7, 11) is 1.32. The number of hydrogen-bond donors (Lipinski definition) is 1. The Hall–Kier alpha value is -3.83. The van der Waals surface area contributed by atoms with Crippen LogP contribution < -0.4 is 16.1 Å². The Labute approximate surface area is 201 Å². The van der Waals surface area contributed by atoms with E-state index in [-0.39, 0.29) is 29.9 Å². The molecule has 1 aromatic heterocycles. The first-order chi connectivity index (χ1) is 16.8. The molecule has 0 unspecified atom stereocenters. The maximum absolute atomic E-state index is 13.5. The van der Waals surface area contributed by atoms with Gasteiger partial charge in [-0.25, -0.2) is 23.5 Å². The normalized spacial score (nSPS) is 27.6. The lowest BCUT2D eigenvalue weighted by atomic mass is 9.51. The van der Waals surface area contributed by atoms with Gasteiger partial charge in [0.25, 0.3) is 0 Å². The van der Waals surface area contributed by atoms with Gasteiger partial charge in [-0.1, -0.05) is 13.0 Å². The van der Waals surface area contributed by atoms with Gasteiger partial charge >= 0.3 is 17.7 Å². The molecule has 2 aliphatic carbocycles. The summed E-state index contributed by atoms with van der Waals surface area (Å²) < 4.78 is 46.3. The molecule has 1 aromatic carbocycles. The first-order valence-corrected chi connectivity index (χ1v) is 11.2. The number of aromatic hydroxyl groups is 1. The molecule has 1 N–H and O–H groups in total. The number of ketones is 2. The first-order valence-electron chi connectivity index (χ1n) is 11.2. The lowest BCUT2D eigenvalue weighted by Crippen LogP contribution is -2.54. The van der Waals surface area contributed by atoms with E-state index in [0.717, 1.165) is 22.8 Å². The van der Waals surface area contributed by atoms with Gasteiger partial charge in [-0.3, -0.25) is 9.59 Å². The average Bonchev–Trinajstić information content (AvgIpc) is 3.02. The Morgan fingerprint density at radius 1 is 1.14 bits per heavy atom. The van der Waals surface area contributed by atoms with Crippen molar-refractivity contribution in [1.82, 2.24) is 13.9 Å². The number of rotatable bonds is 2. The SMILES string of the molecule is CC1=CC(=O)[C@@]2(C)[C@@H](c3cc(OC(F)(F)F)ccc3O)C3=CCn4c(=O)n(C)c(=O)n4[C@@H]3C[C@H]2C1=O. The third-order valence-electron chi connectivity index (χ3n) is 7.67. The molecule has 9 nitrogen and oxygen atoms in total. The molecule has 3 aliphatic rings. The van der Waals surface area contributed by atoms with Gasteiger partial charge in [0.15, 0.2) is 11.6 Å². The second-order valence-electron chi connectivity index (χ2n) is 9.60. The fourth-order valence-corrected chi connectivity index (χ4v) is 5.96. The van der Waals surface area contributed by atoms with E-state index in [9.17, 15) is 37.5 Å². The van der Waals surface area contributed by atoms with E-state index in [1.807, 2.05) is 0 Å². The molecule has 0 radical (unpaired) electrons. The highest BCUT2D eigenvalue weighted by Crippen LogP contribution is 2.60. The number of carbonyl (C=O) groups excluding carboxylic acids is 2. The molecule has 2 heterocycles. The smallest absolute Gasteiger partial charge is 0.508 e. The molecule has 5 rings (SSSR count). The Morgan fingerprint density at radius 2 is 1.83 bits per heavy atom. The van der Waals surface area contributed by atoms with Gasteiger partial charge in [-0.15, -0.1) is 13.2 Å². The van der Waals surface area contributed by atoms with Crippen molar-refractivity contribution >= 4 is 11.6 Å². The van der Waals surface area contributed by atoms with Gasteiger partial charge in [0.1, 0.15) is 11.5 Å². The van der Waals surface area contributed by atoms with E-state index in [2.05, 4.69) is 4.74 Å². The molecule has 0 bridgehead atoms. The zero-order chi connectivity index (χ0) is 26.3. The minimum absolute atomic E-state index is 0.0252. The zero-order valence-corrected chi connectivity index (χ0v) is 19.5. The molecule has 0 spiro atoms. The van der Waals surface area contributed by atoms with E-state index >= 15 is 0 Å². The van der Waals surface area contributed by atoms with Gasteiger partial charge in [0.05, 0.1) is 18.0 Å². The summed E-state index contributed by atoms with van der Waals surface area (Å²) in [6.45, 7) is 3.02. The fraction of sp³-hybridized carbons (Fsp3) is 0.417. The number of Topliss-reactive ketones (excluding diaryl/α,β-unsaturated/α-hetero) is 1. The summed E-state index contributed by atoms with van der Waals surface area (Å²) >= 11 is 0. The van der Waals surface area contributed by atoms with E-state index in [1.54, 1.807) is 13.0 Å². The highest BCUT2D eigenvalue weighted by Gasteiger charge is 2.59. The largest absolute Gasteiger partial charge is 0.573 e. The Bertz CT molecular complexity index is 1510. The zero-order valence-electron chi connectivity index (χ0n) is 19.5. The maximum atomic E-state index is 13.5. The van der Waals surface area contributed by atoms with Gasteiger partial charge in [0, 0.05) is 24.4 Å². The maximum Gasteiger partial charge on any atom is 0.573 e. The van der Waals surface area contributed by atoms with Gasteiger partial charge in [-0.05, 0) is 48.8 Å². The minimum Gasteiger partial charge on any atom is -0.508 e. The quantitative estimate of drug-likeness (QED) is 0.627. The van der Waals surface area contributed by atoms with Crippen LogP contribution in [0.15, 0.2) is 51.1 Å². The van der Waals surface area contributed by atoms with Gasteiger partial charge in [0.2, 0.25) is 0 Å². The van der Waals surface area contributed by atoms with Crippen LogP contribution in [-0.2, 0) is 23.2 Å². The Kier molecular flexibility index (Phi) is 5.03. The number of nitrogens with zero attached hydrogens (tertiary/aromatic N) is 3. The van der Waals surface area contributed by atoms with Crippen LogP contribution in [-0.4, -0.2) is 37.0 Å². The fourth-order valence-electron chi connectivity index (χ4n) is 5.96. The number of carbonyl (C=O) groups is 2. The van der Waals surface area contributed by atoms with Crippen LogP contribution in [0.3, 0.4) is 0 Å². The summed E-state index contributed by atoms with van der Waals surface area (Å²) in [5.41, 5.74) is -2.03. The van der Waals surface area contributed by atoms with Crippen LogP contribution in [0.2, 0.25) is 0 Å². The number of phenols is 1.